The van der Waals surface area contributed by atoms with Crippen LogP contribution >= 0.6 is 0 Å². The minimum Gasteiger partial charge on any atom is -0.382 e. The van der Waals surface area contributed by atoms with E-state index in [2.05, 4.69) is 67.4 Å². The molecule has 1 aromatic heterocycles. The molecule has 0 aliphatic rings. The number of benzene rings is 2. The van der Waals surface area contributed by atoms with Crippen molar-refractivity contribution in [1.29, 1.82) is 0 Å². The highest BCUT2D eigenvalue weighted by Crippen LogP contribution is 2.30. The van der Waals surface area contributed by atoms with E-state index in [1.165, 1.54) is 11.1 Å². The fraction of sp³-hybridized carbons (Fsp3) is 0.235. The molecule has 0 atom stereocenters. The Hall–Kier alpha value is -2.29. The second kappa shape index (κ2) is 4.37. The molecule has 3 rings (SSSR count). The van der Waals surface area contributed by atoms with Crippen molar-refractivity contribution in [2.24, 2.45) is 0 Å². The van der Waals surface area contributed by atoms with Crippen molar-refractivity contribution in [1.82, 2.24) is 10.2 Å². The first-order chi connectivity index (χ1) is 9.45. The Kier molecular flexibility index (Phi) is 2.78. The van der Waals surface area contributed by atoms with Crippen molar-refractivity contribution in [2.75, 3.05) is 5.73 Å². The third kappa shape index (κ3) is 2.16. The van der Waals surface area contributed by atoms with E-state index in [9.17, 15) is 0 Å². The quantitative estimate of drug-likeness (QED) is 0.695. The van der Waals surface area contributed by atoms with Crippen LogP contribution in [0.3, 0.4) is 0 Å². The Morgan fingerprint density at radius 2 is 1.75 bits per heavy atom. The van der Waals surface area contributed by atoms with Gasteiger partial charge in [-0.1, -0.05) is 51.1 Å². The number of hydrogen-bond donors (Lipinski definition) is 2. The fourth-order valence-electron chi connectivity index (χ4n) is 2.38. The summed E-state index contributed by atoms with van der Waals surface area (Å²) in [7, 11) is 0. The zero-order valence-corrected chi connectivity index (χ0v) is 12.1. The molecule has 102 valence electrons. The molecule has 20 heavy (non-hydrogen) atoms. The molecule has 3 heteroatoms. The third-order valence-corrected chi connectivity index (χ3v) is 3.65. The average Bonchev–Trinajstić information content (AvgIpc) is 2.79. The van der Waals surface area contributed by atoms with Crippen LogP contribution in [0.25, 0.3) is 22.0 Å². The van der Waals surface area contributed by atoms with Crippen molar-refractivity contribution in [3.8, 4) is 11.1 Å². The van der Waals surface area contributed by atoms with E-state index in [0.717, 1.165) is 16.5 Å². The smallest absolute Gasteiger partial charge is 0.153 e. The van der Waals surface area contributed by atoms with Crippen LogP contribution in [0.15, 0.2) is 42.5 Å². The number of nitrogens with two attached hydrogens (primary N) is 1. The van der Waals surface area contributed by atoms with Crippen molar-refractivity contribution in [3.05, 3.63) is 48.0 Å². The van der Waals surface area contributed by atoms with Gasteiger partial charge in [0.25, 0.3) is 0 Å². The van der Waals surface area contributed by atoms with Crippen LogP contribution < -0.4 is 5.73 Å². The van der Waals surface area contributed by atoms with Crippen molar-refractivity contribution in [3.63, 3.8) is 0 Å². The lowest BCUT2D eigenvalue weighted by molar-refractivity contribution is 0.590. The third-order valence-electron chi connectivity index (χ3n) is 3.65. The largest absolute Gasteiger partial charge is 0.382 e. The second-order valence-electron chi connectivity index (χ2n) is 6.20. The average molecular weight is 265 g/mol. The van der Waals surface area contributed by atoms with Crippen LogP contribution in [0.1, 0.15) is 26.3 Å². The first-order valence-corrected chi connectivity index (χ1v) is 6.80. The molecule has 0 saturated carbocycles. The van der Waals surface area contributed by atoms with Gasteiger partial charge >= 0.3 is 0 Å². The van der Waals surface area contributed by atoms with E-state index in [-0.39, 0.29) is 5.41 Å². The summed E-state index contributed by atoms with van der Waals surface area (Å²) in [5.41, 5.74) is 10.7. The maximum Gasteiger partial charge on any atom is 0.153 e. The zero-order chi connectivity index (χ0) is 14.3. The highest BCUT2D eigenvalue weighted by atomic mass is 15.1. The molecule has 0 fully saturated rings. The number of aromatic nitrogens is 2. The number of nitrogen functional groups attached to an aromatic ring is 1. The van der Waals surface area contributed by atoms with Gasteiger partial charge in [-0.15, -0.1) is 0 Å². The van der Waals surface area contributed by atoms with Gasteiger partial charge in [-0.05, 0) is 34.2 Å². The van der Waals surface area contributed by atoms with Gasteiger partial charge in [-0.25, -0.2) is 0 Å². The Balaban J connectivity index is 2.13. The van der Waals surface area contributed by atoms with Crippen LogP contribution in [-0.2, 0) is 5.41 Å². The summed E-state index contributed by atoms with van der Waals surface area (Å²) in [6.45, 7) is 6.68. The molecule has 0 saturated heterocycles. The fourth-order valence-corrected chi connectivity index (χ4v) is 2.38. The minimum atomic E-state index is 0.148. The van der Waals surface area contributed by atoms with Gasteiger partial charge in [0, 0.05) is 5.39 Å². The van der Waals surface area contributed by atoms with Crippen LogP contribution in [-0.4, -0.2) is 10.2 Å². The molecule has 0 unspecified atom stereocenters. The molecule has 0 aliphatic heterocycles. The summed E-state index contributed by atoms with van der Waals surface area (Å²) in [6, 6.07) is 14.9. The lowest BCUT2D eigenvalue weighted by Crippen LogP contribution is -2.10. The van der Waals surface area contributed by atoms with Gasteiger partial charge in [0.05, 0.1) is 5.52 Å². The summed E-state index contributed by atoms with van der Waals surface area (Å²) < 4.78 is 0. The van der Waals surface area contributed by atoms with Gasteiger partial charge in [0.15, 0.2) is 5.82 Å². The molecule has 0 radical (unpaired) electrons. The van der Waals surface area contributed by atoms with Gasteiger partial charge in [-0.2, -0.15) is 5.10 Å². The summed E-state index contributed by atoms with van der Waals surface area (Å²) in [4.78, 5) is 0. The molecule has 3 aromatic rings. The predicted molar refractivity (Wildman–Crippen MR) is 84.6 cm³/mol. The lowest BCUT2D eigenvalue weighted by Gasteiger charge is -2.19. The van der Waals surface area contributed by atoms with Gasteiger partial charge in [-0.3, -0.25) is 5.10 Å². The summed E-state index contributed by atoms with van der Waals surface area (Å²) in [5, 5.41) is 7.94. The molecule has 0 aliphatic carbocycles. The molecule has 3 N–H and O–H groups in total. The van der Waals surface area contributed by atoms with Crippen molar-refractivity contribution >= 4 is 16.7 Å². The van der Waals surface area contributed by atoms with Crippen LogP contribution in [0, 0.1) is 0 Å². The Labute approximate surface area is 118 Å². The number of nitrogens with zero attached hydrogens (tertiary/aromatic N) is 1. The SMILES string of the molecule is CC(C)(C)c1cccc(-c2ccc3[nH]nc(N)c3c2)c1. The molecule has 3 nitrogen and oxygen atoms in total. The zero-order valence-electron chi connectivity index (χ0n) is 12.1. The number of hydrogen-bond acceptors (Lipinski definition) is 2. The van der Waals surface area contributed by atoms with Crippen LogP contribution in [0.2, 0.25) is 0 Å². The standard InChI is InChI=1S/C17H19N3/c1-17(2,3)13-6-4-5-11(9-13)12-7-8-15-14(10-12)16(18)20-19-15/h4-10H,1-3H3,(H3,18,19,20). The molecule has 0 amide bonds. The normalized spacial score (nSPS) is 11.9. The van der Waals surface area contributed by atoms with Gasteiger partial charge < -0.3 is 5.73 Å². The molecule has 0 spiro atoms. The Morgan fingerprint density at radius 1 is 1.00 bits per heavy atom. The van der Waals surface area contributed by atoms with E-state index >= 15 is 0 Å². The maximum absolute atomic E-state index is 5.88. The van der Waals surface area contributed by atoms with E-state index in [1.807, 2.05) is 6.07 Å². The van der Waals surface area contributed by atoms with Crippen LogP contribution in [0.4, 0.5) is 5.82 Å². The number of nitrogens with one attached hydrogen (secondary N) is 1. The predicted octanol–water partition coefficient (Wildman–Crippen LogP) is 4.11. The second-order valence-corrected chi connectivity index (χ2v) is 6.20. The molecule has 0 bridgehead atoms. The Bertz CT molecular complexity index is 763. The van der Waals surface area contributed by atoms with Gasteiger partial charge in [0.2, 0.25) is 0 Å². The molecular weight excluding hydrogens is 246 g/mol. The maximum atomic E-state index is 5.88. The summed E-state index contributed by atoms with van der Waals surface area (Å²) >= 11 is 0. The van der Waals surface area contributed by atoms with E-state index in [4.69, 9.17) is 5.73 Å². The number of H-pyrrole nitrogens is 1. The van der Waals surface area contributed by atoms with Gasteiger partial charge in [0.1, 0.15) is 0 Å². The Morgan fingerprint density at radius 3 is 2.50 bits per heavy atom. The number of fused-ring (bicyclic) bond motifs is 1. The highest BCUT2D eigenvalue weighted by molar-refractivity contribution is 5.92. The highest BCUT2D eigenvalue weighted by Gasteiger charge is 2.14. The summed E-state index contributed by atoms with van der Waals surface area (Å²) in [5.74, 6) is 0.550. The molecule has 1 heterocycles. The van der Waals surface area contributed by atoms with Crippen molar-refractivity contribution < 1.29 is 0 Å². The first kappa shape index (κ1) is 12.7. The number of rotatable bonds is 1. The monoisotopic (exact) mass is 265 g/mol. The lowest BCUT2D eigenvalue weighted by atomic mass is 9.85. The molecule has 2 aromatic carbocycles. The topological polar surface area (TPSA) is 54.7 Å². The minimum absolute atomic E-state index is 0.148. The van der Waals surface area contributed by atoms with E-state index in [1.54, 1.807) is 0 Å². The molecular formula is C17H19N3. The van der Waals surface area contributed by atoms with E-state index in [0.29, 0.717) is 5.82 Å². The van der Waals surface area contributed by atoms with Crippen molar-refractivity contribution in [2.45, 2.75) is 26.2 Å². The number of anilines is 1. The summed E-state index contributed by atoms with van der Waals surface area (Å²) in [6.07, 6.45) is 0. The van der Waals surface area contributed by atoms with Crippen LogP contribution in [0.5, 0.6) is 0 Å². The first-order valence-electron chi connectivity index (χ1n) is 6.80. The number of aromatic amines is 1. The van der Waals surface area contributed by atoms with E-state index < -0.39 is 0 Å².